The van der Waals surface area contributed by atoms with Crippen molar-refractivity contribution in [2.24, 2.45) is 0 Å². The second-order valence-electron chi connectivity index (χ2n) is 6.01. The highest BCUT2D eigenvalue weighted by Crippen LogP contribution is 2.10. The highest BCUT2D eigenvalue weighted by Gasteiger charge is 2.21. The molecule has 7 nitrogen and oxygen atoms in total. The van der Waals surface area contributed by atoms with Gasteiger partial charge in [-0.25, -0.2) is 0 Å². The van der Waals surface area contributed by atoms with Gasteiger partial charge in [-0.1, -0.05) is 6.07 Å². The lowest BCUT2D eigenvalue weighted by Crippen LogP contribution is -2.48. The summed E-state index contributed by atoms with van der Waals surface area (Å²) in [6.07, 6.45) is 2.48. The predicted molar refractivity (Wildman–Crippen MR) is 95.4 cm³/mol. The number of aromatic nitrogens is 1. The van der Waals surface area contributed by atoms with Crippen molar-refractivity contribution in [2.45, 2.75) is 6.54 Å². The molecule has 3 rings (SSSR count). The molecule has 1 fully saturated rings. The lowest BCUT2D eigenvalue weighted by Gasteiger charge is -2.32. The lowest BCUT2D eigenvalue weighted by molar-refractivity contribution is -0.119. The van der Waals surface area contributed by atoms with Crippen LogP contribution < -0.4 is 5.32 Å². The highest BCUT2D eigenvalue weighted by atomic mass is 16.2. The first-order chi connectivity index (χ1) is 12.7. The Morgan fingerprint density at radius 1 is 1.00 bits per heavy atom. The molecule has 0 aliphatic carbocycles. The Labute approximate surface area is 151 Å². The van der Waals surface area contributed by atoms with E-state index in [0.717, 1.165) is 12.1 Å². The van der Waals surface area contributed by atoms with Crippen LogP contribution in [0.5, 0.6) is 0 Å². The van der Waals surface area contributed by atoms with Gasteiger partial charge in [-0.05, 0) is 36.4 Å². The maximum absolute atomic E-state index is 12.5. The zero-order chi connectivity index (χ0) is 18.4. The number of carbonyl (C=O) groups excluding carboxylic acids is 3. The minimum Gasteiger partial charge on any atom is -0.346 e. The third-order valence-corrected chi connectivity index (χ3v) is 4.30. The molecule has 0 spiro atoms. The molecule has 0 bridgehead atoms. The molecule has 1 N–H and O–H groups in total. The monoisotopic (exact) mass is 352 g/mol. The molecule has 0 saturated carbocycles. The average Bonchev–Trinajstić information content (AvgIpc) is 2.72. The summed E-state index contributed by atoms with van der Waals surface area (Å²) in [6, 6.07) is 12.1. The van der Waals surface area contributed by atoms with Gasteiger partial charge in [0.1, 0.15) is 0 Å². The van der Waals surface area contributed by atoms with E-state index in [1.165, 1.54) is 0 Å². The number of amides is 3. The Hall–Kier alpha value is -3.22. The van der Waals surface area contributed by atoms with Gasteiger partial charge in [0.15, 0.2) is 0 Å². The van der Waals surface area contributed by atoms with Crippen molar-refractivity contribution in [1.82, 2.24) is 20.1 Å². The van der Waals surface area contributed by atoms with Crippen molar-refractivity contribution in [3.63, 3.8) is 0 Å². The Morgan fingerprint density at radius 2 is 1.69 bits per heavy atom. The van der Waals surface area contributed by atoms with E-state index in [9.17, 15) is 14.4 Å². The number of hydrogen-bond acceptors (Lipinski definition) is 4. The van der Waals surface area contributed by atoms with Gasteiger partial charge in [-0.15, -0.1) is 0 Å². The third kappa shape index (κ3) is 4.24. The Bertz CT molecular complexity index is 769. The summed E-state index contributed by atoms with van der Waals surface area (Å²) in [4.78, 5) is 43.0. The van der Waals surface area contributed by atoms with E-state index in [4.69, 9.17) is 0 Å². The molecular formula is C19H20N4O3. The number of carbonyl (C=O) groups is 3. The Balaban J connectivity index is 1.56. The molecule has 2 heterocycles. The van der Waals surface area contributed by atoms with Crippen LogP contribution in [0.3, 0.4) is 0 Å². The van der Waals surface area contributed by atoms with Gasteiger partial charge in [0.25, 0.3) is 11.8 Å². The largest absolute Gasteiger partial charge is 0.346 e. The van der Waals surface area contributed by atoms with Gasteiger partial charge in [0.2, 0.25) is 6.41 Å². The number of nitrogens with one attached hydrogen (secondary N) is 1. The third-order valence-electron chi connectivity index (χ3n) is 4.30. The van der Waals surface area contributed by atoms with Crippen LogP contribution in [0.15, 0.2) is 48.7 Å². The van der Waals surface area contributed by atoms with Gasteiger partial charge in [-0.3, -0.25) is 19.4 Å². The van der Waals surface area contributed by atoms with Gasteiger partial charge in [0, 0.05) is 43.5 Å². The summed E-state index contributed by atoms with van der Waals surface area (Å²) in [6.45, 7) is 2.47. The Kier molecular flexibility index (Phi) is 5.58. The molecule has 2 aromatic rings. The first-order valence-corrected chi connectivity index (χ1v) is 8.44. The molecule has 134 valence electrons. The van der Waals surface area contributed by atoms with Crippen LogP contribution in [0, 0.1) is 0 Å². The van der Waals surface area contributed by atoms with Gasteiger partial charge in [-0.2, -0.15) is 0 Å². The van der Waals surface area contributed by atoms with E-state index < -0.39 is 0 Å². The average molecular weight is 352 g/mol. The van der Waals surface area contributed by atoms with E-state index >= 15 is 0 Å². The molecule has 3 amide bonds. The number of rotatable bonds is 5. The molecule has 0 atom stereocenters. The molecule has 0 unspecified atom stereocenters. The molecule has 1 aromatic heterocycles. The molecule has 1 aromatic carbocycles. The van der Waals surface area contributed by atoms with E-state index in [1.54, 1.807) is 40.3 Å². The van der Waals surface area contributed by atoms with Crippen molar-refractivity contribution in [2.75, 3.05) is 26.2 Å². The topological polar surface area (TPSA) is 82.6 Å². The molecule has 1 aliphatic heterocycles. The van der Waals surface area contributed by atoms with Gasteiger partial charge < -0.3 is 15.1 Å². The summed E-state index contributed by atoms with van der Waals surface area (Å²) in [7, 11) is 0. The zero-order valence-electron chi connectivity index (χ0n) is 14.3. The van der Waals surface area contributed by atoms with Crippen molar-refractivity contribution >= 4 is 18.2 Å². The smallest absolute Gasteiger partial charge is 0.253 e. The van der Waals surface area contributed by atoms with Crippen LogP contribution in [-0.4, -0.2) is 59.2 Å². The standard InChI is InChI=1S/C19H20N4O3/c24-14-22-9-11-23(12-10-22)19(26)16-6-4-15(5-7-16)18(25)21-13-17-3-1-2-8-20-17/h1-8,14H,9-13H2,(H,21,25). The first-order valence-electron chi connectivity index (χ1n) is 8.44. The van der Waals surface area contributed by atoms with Gasteiger partial charge >= 0.3 is 0 Å². The Morgan fingerprint density at radius 3 is 2.31 bits per heavy atom. The number of nitrogens with zero attached hydrogens (tertiary/aromatic N) is 3. The summed E-state index contributed by atoms with van der Waals surface area (Å²) in [5.74, 6) is -0.301. The predicted octanol–water partition coefficient (Wildman–Crippen LogP) is 0.926. The van der Waals surface area contributed by atoms with Crippen LogP contribution >= 0.6 is 0 Å². The van der Waals surface area contributed by atoms with E-state index in [-0.39, 0.29) is 11.8 Å². The number of piperazine rings is 1. The maximum Gasteiger partial charge on any atom is 0.253 e. The fraction of sp³-hybridized carbons (Fsp3) is 0.263. The maximum atomic E-state index is 12.5. The van der Waals surface area contributed by atoms with Crippen molar-refractivity contribution in [3.05, 3.63) is 65.5 Å². The minimum absolute atomic E-state index is 0.0870. The first kappa shape index (κ1) is 17.6. The van der Waals surface area contributed by atoms with Crippen LogP contribution in [0.2, 0.25) is 0 Å². The second kappa shape index (κ2) is 8.24. The van der Waals surface area contributed by atoms with E-state index in [1.807, 2.05) is 18.2 Å². The summed E-state index contributed by atoms with van der Waals surface area (Å²) >= 11 is 0. The number of hydrogen-bond donors (Lipinski definition) is 1. The molecular weight excluding hydrogens is 332 g/mol. The minimum atomic E-state index is -0.214. The highest BCUT2D eigenvalue weighted by molar-refractivity contribution is 5.97. The molecule has 0 radical (unpaired) electrons. The number of benzene rings is 1. The van der Waals surface area contributed by atoms with Crippen LogP contribution in [0.25, 0.3) is 0 Å². The fourth-order valence-corrected chi connectivity index (χ4v) is 2.75. The summed E-state index contributed by atoms with van der Waals surface area (Å²) in [5, 5.41) is 2.80. The van der Waals surface area contributed by atoms with Gasteiger partial charge in [0.05, 0.1) is 12.2 Å². The molecule has 1 aliphatic rings. The number of pyridine rings is 1. The second-order valence-corrected chi connectivity index (χ2v) is 6.01. The van der Waals surface area contributed by atoms with E-state index in [2.05, 4.69) is 10.3 Å². The van der Waals surface area contributed by atoms with Crippen molar-refractivity contribution in [3.8, 4) is 0 Å². The summed E-state index contributed by atoms with van der Waals surface area (Å²) in [5.41, 5.74) is 1.80. The molecule has 1 saturated heterocycles. The summed E-state index contributed by atoms with van der Waals surface area (Å²) < 4.78 is 0. The van der Waals surface area contributed by atoms with Crippen LogP contribution in [0.1, 0.15) is 26.4 Å². The fourth-order valence-electron chi connectivity index (χ4n) is 2.75. The SMILES string of the molecule is O=CN1CCN(C(=O)c2ccc(C(=O)NCc3ccccn3)cc2)CC1. The molecule has 7 heteroatoms. The molecule has 26 heavy (non-hydrogen) atoms. The lowest BCUT2D eigenvalue weighted by atomic mass is 10.1. The normalized spacial score (nSPS) is 14.0. The van der Waals surface area contributed by atoms with Crippen molar-refractivity contribution < 1.29 is 14.4 Å². The quantitative estimate of drug-likeness (QED) is 0.812. The van der Waals surface area contributed by atoms with Crippen molar-refractivity contribution in [1.29, 1.82) is 0 Å². The van der Waals surface area contributed by atoms with Crippen LogP contribution in [0.4, 0.5) is 0 Å². The van der Waals surface area contributed by atoms with Crippen LogP contribution in [-0.2, 0) is 11.3 Å². The zero-order valence-corrected chi connectivity index (χ0v) is 14.3. The van der Waals surface area contributed by atoms with E-state index in [0.29, 0.717) is 43.9 Å².